The monoisotopic (exact) mass is 424 g/mol. The number of alkyl halides is 3. The Kier molecular flexibility index (Phi) is 4.24. The third-order valence-electron chi connectivity index (χ3n) is 3.29. The Morgan fingerprint density at radius 3 is 2.00 bits per heavy atom. The van der Waals surface area contributed by atoms with Gasteiger partial charge >= 0.3 is 11.9 Å². The molecule has 22 heavy (non-hydrogen) atoms. The highest BCUT2D eigenvalue weighted by Gasteiger charge is 2.35. The zero-order chi connectivity index (χ0) is 16.8. The summed E-state index contributed by atoms with van der Waals surface area (Å²) in [5.74, 6) is 0. The van der Waals surface area contributed by atoms with Crippen molar-refractivity contribution in [1.29, 1.82) is 0 Å². The summed E-state index contributed by atoms with van der Waals surface area (Å²) in [6, 6.07) is 3.64. The predicted octanol–water partition coefficient (Wildman–Crippen LogP) is 2.78. The van der Waals surface area contributed by atoms with E-state index in [0.717, 1.165) is 26.3 Å². The van der Waals surface area contributed by atoms with Crippen LogP contribution in [0.15, 0.2) is 27.8 Å². The Morgan fingerprint density at radius 1 is 1.05 bits per heavy atom. The summed E-state index contributed by atoms with van der Waals surface area (Å²) in [4.78, 5) is 24.2. The molecule has 4 nitrogen and oxygen atoms in total. The lowest BCUT2D eigenvalue weighted by molar-refractivity contribution is -0.144. The maximum absolute atomic E-state index is 12.8. The molecule has 0 bridgehead atoms. The second kappa shape index (κ2) is 5.56. The first kappa shape index (κ1) is 16.8. The van der Waals surface area contributed by atoms with Gasteiger partial charge in [0.25, 0.3) is 5.56 Å². The van der Waals surface area contributed by atoms with E-state index >= 15 is 0 Å². The van der Waals surface area contributed by atoms with Crippen molar-refractivity contribution in [2.75, 3.05) is 0 Å². The number of hydrogen-bond acceptors (Lipinski definition) is 2. The summed E-state index contributed by atoms with van der Waals surface area (Å²) >= 11 is 2.13. The van der Waals surface area contributed by atoms with Crippen molar-refractivity contribution >= 4 is 22.6 Å². The largest absolute Gasteiger partial charge is 0.431 e. The summed E-state index contributed by atoms with van der Waals surface area (Å²) in [5.41, 5.74) is -1.36. The Balaban J connectivity index is 2.82. The highest BCUT2D eigenvalue weighted by molar-refractivity contribution is 14.1. The molecule has 2 rings (SSSR count). The van der Waals surface area contributed by atoms with Gasteiger partial charge in [0.1, 0.15) is 5.69 Å². The zero-order valence-electron chi connectivity index (χ0n) is 12.0. The molecule has 0 radical (unpaired) electrons. The molecule has 0 saturated carbocycles. The first-order chi connectivity index (χ1) is 10.0. The van der Waals surface area contributed by atoms with Crippen LogP contribution < -0.4 is 11.2 Å². The minimum Gasteiger partial charge on any atom is -0.292 e. The second-order valence-corrected chi connectivity index (χ2v) is 6.01. The first-order valence-corrected chi connectivity index (χ1v) is 7.29. The van der Waals surface area contributed by atoms with Crippen LogP contribution in [-0.2, 0) is 13.2 Å². The fraction of sp³-hybridized carbons (Fsp3) is 0.286. The third kappa shape index (κ3) is 2.83. The molecule has 1 aromatic heterocycles. The molecular formula is C14H12F3IN2O2. The second-order valence-electron chi connectivity index (χ2n) is 4.94. The van der Waals surface area contributed by atoms with Crippen molar-refractivity contribution in [3.63, 3.8) is 0 Å². The Labute approximate surface area is 137 Å². The van der Waals surface area contributed by atoms with Crippen molar-refractivity contribution in [3.8, 4) is 5.69 Å². The van der Waals surface area contributed by atoms with Crippen molar-refractivity contribution < 1.29 is 13.2 Å². The molecule has 2 aromatic rings. The molecule has 118 valence electrons. The van der Waals surface area contributed by atoms with Crippen LogP contribution in [-0.4, -0.2) is 9.13 Å². The van der Waals surface area contributed by atoms with Gasteiger partial charge in [-0.1, -0.05) is 0 Å². The van der Waals surface area contributed by atoms with Gasteiger partial charge in [-0.15, -0.1) is 0 Å². The van der Waals surface area contributed by atoms with Crippen molar-refractivity contribution in [3.05, 3.63) is 59.4 Å². The van der Waals surface area contributed by atoms with E-state index in [0.29, 0.717) is 10.6 Å². The van der Waals surface area contributed by atoms with Crippen LogP contribution in [0.25, 0.3) is 5.69 Å². The summed E-state index contributed by atoms with van der Waals surface area (Å²) in [7, 11) is 0.994. The molecule has 0 unspecified atom stereocenters. The quantitative estimate of drug-likeness (QED) is 0.662. The molecule has 0 fully saturated rings. The van der Waals surface area contributed by atoms with E-state index in [1.807, 2.05) is 0 Å². The van der Waals surface area contributed by atoms with Gasteiger partial charge in [-0.25, -0.2) is 9.36 Å². The van der Waals surface area contributed by atoms with Gasteiger partial charge in [-0.2, -0.15) is 13.2 Å². The molecule has 1 aromatic carbocycles. The van der Waals surface area contributed by atoms with E-state index in [1.165, 1.54) is 0 Å². The van der Waals surface area contributed by atoms with Gasteiger partial charge in [0.15, 0.2) is 0 Å². The van der Waals surface area contributed by atoms with Crippen LogP contribution in [0.2, 0.25) is 0 Å². The first-order valence-electron chi connectivity index (χ1n) is 6.21. The molecule has 0 saturated heterocycles. The van der Waals surface area contributed by atoms with E-state index in [2.05, 4.69) is 22.6 Å². The van der Waals surface area contributed by atoms with Gasteiger partial charge in [-0.3, -0.25) is 9.36 Å². The summed E-state index contributed by atoms with van der Waals surface area (Å²) in [5, 5.41) is 0. The number of rotatable bonds is 1. The fourth-order valence-corrected chi connectivity index (χ4v) is 2.50. The molecule has 1 heterocycles. The van der Waals surface area contributed by atoms with E-state index in [1.54, 1.807) is 26.0 Å². The zero-order valence-corrected chi connectivity index (χ0v) is 14.1. The average Bonchev–Trinajstić information content (AvgIpc) is 2.39. The van der Waals surface area contributed by atoms with Crippen LogP contribution in [0.4, 0.5) is 13.2 Å². The summed E-state index contributed by atoms with van der Waals surface area (Å²) < 4.78 is 40.6. The van der Waals surface area contributed by atoms with Crippen LogP contribution in [0, 0.1) is 17.4 Å². The Hall–Kier alpha value is -1.58. The fourth-order valence-electron chi connectivity index (χ4n) is 2.19. The minimum absolute atomic E-state index is 0.259. The van der Waals surface area contributed by atoms with Gasteiger partial charge in [0.2, 0.25) is 0 Å². The lowest BCUT2D eigenvalue weighted by Crippen LogP contribution is -2.40. The number of hydrogen-bond donors (Lipinski definition) is 0. The van der Waals surface area contributed by atoms with Gasteiger partial charge in [-0.05, 0) is 59.7 Å². The topological polar surface area (TPSA) is 44.0 Å². The van der Waals surface area contributed by atoms with E-state index in [9.17, 15) is 22.8 Å². The average molecular weight is 424 g/mol. The number of benzene rings is 1. The molecule has 0 aliphatic heterocycles. The molecule has 0 aliphatic rings. The highest BCUT2D eigenvalue weighted by Crippen LogP contribution is 2.27. The number of halogens is 4. The smallest absolute Gasteiger partial charge is 0.292 e. The molecule has 0 aliphatic carbocycles. The van der Waals surface area contributed by atoms with Gasteiger partial charge in [0, 0.05) is 16.7 Å². The Bertz CT molecular complexity index is 843. The highest BCUT2D eigenvalue weighted by atomic mass is 127. The molecule has 0 atom stereocenters. The normalized spacial score (nSPS) is 11.8. The van der Waals surface area contributed by atoms with Crippen molar-refractivity contribution in [2.24, 2.45) is 7.05 Å². The molecule has 0 amide bonds. The molecule has 0 spiro atoms. The van der Waals surface area contributed by atoms with Gasteiger partial charge in [0.05, 0.1) is 5.69 Å². The number of nitrogens with zero attached hydrogens (tertiary/aromatic N) is 2. The molecule has 0 N–H and O–H groups in total. The van der Waals surface area contributed by atoms with E-state index in [-0.39, 0.29) is 5.69 Å². The lowest BCUT2D eigenvalue weighted by Gasteiger charge is -2.15. The Morgan fingerprint density at radius 2 is 1.55 bits per heavy atom. The molecular weight excluding hydrogens is 412 g/mol. The van der Waals surface area contributed by atoms with Crippen molar-refractivity contribution in [1.82, 2.24) is 9.13 Å². The number of aromatic nitrogens is 2. The maximum Gasteiger partial charge on any atom is 0.431 e. The van der Waals surface area contributed by atoms with E-state index < -0.39 is 23.1 Å². The summed E-state index contributed by atoms with van der Waals surface area (Å²) in [6.07, 6.45) is -4.76. The van der Waals surface area contributed by atoms with Gasteiger partial charge < -0.3 is 0 Å². The standard InChI is InChI=1S/C14H12F3IN2O2/c1-7-4-9(5-8(2)12(7)18)20-11(21)6-10(14(15,16)17)19(3)13(20)22/h4-6H,1-3H3. The van der Waals surface area contributed by atoms with E-state index in [4.69, 9.17) is 0 Å². The minimum atomic E-state index is -4.76. The summed E-state index contributed by atoms with van der Waals surface area (Å²) in [6.45, 7) is 3.61. The van der Waals surface area contributed by atoms with Crippen LogP contribution in [0.1, 0.15) is 16.8 Å². The van der Waals surface area contributed by atoms with Crippen LogP contribution in [0.5, 0.6) is 0 Å². The SMILES string of the molecule is Cc1cc(-n2c(=O)cc(C(F)(F)F)n(C)c2=O)cc(C)c1I. The maximum atomic E-state index is 12.8. The predicted molar refractivity (Wildman–Crippen MR) is 84.5 cm³/mol. The number of aryl methyl sites for hydroxylation is 2. The van der Waals surface area contributed by atoms with Crippen molar-refractivity contribution in [2.45, 2.75) is 20.0 Å². The van der Waals surface area contributed by atoms with Crippen LogP contribution >= 0.6 is 22.6 Å². The lowest BCUT2D eigenvalue weighted by atomic mass is 10.1. The third-order valence-corrected chi connectivity index (χ3v) is 4.99. The molecule has 8 heteroatoms. The van der Waals surface area contributed by atoms with Crippen LogP contribution in [0.3, 0.4) is 0 Å².